The number of rotatable bonds is 4. The minimum Gasteiger partial charge on any atom is -0.366 e. The van der Waals surface area contributed by atoms with Crippen molar-refractivity contribution in [2.75, 3.05) is 7.11 Å². The standard InChI is InChI=1S/C6H15NO3/c1-4-5(10-3)7-6(2,8)9/h5,7-9H,4H2,1-3H3. The molecule has 3 N–H and O–H groups in total. The number of ether oxygens (including phenoxy) is 1. The van der Waals surface area contributed by atoms with Crippen LogP contribution in [0.3, 0.4) is 0 Å². The SMILES string of the molecule is CCC(NC(C)(O)O)OC. The van der Waals surface area contributed by atoms with Crippen molar-refractivity contribution in [3.63, 3.8) is 0 Å². The number of nitrogens with one attached hydrogen (secondary N) is 1. The minimum absolute atomic E-state index is 0.306. The van der Waals surface area contributed by atoms with Gasteiger partial charge in [0.15, 0.2) is 0 Å². The van der Waals surface area contributed by atoms with Crippen LogP contribution >= 0.6 is 0 Å². The van der Waals surface area contributed by atoms with E-state index in [2.05, 4.69) is 5.32 Å². The molecule has 0 aromatic carbocycles. The molecule has 0 saturated heterocycles. The molecule has 4 nitrogen and oxygen atoms in total. The van der Waals surface area contributed by atoms with Crippen molar-refractivity contribution < 1.29 is 14.9 Å². The summed E-state index contributed by atoms with van der Waals surface area (Å²) in [6.45, 7) is 3.13. The summed E-state index contributed by atoms with van der Waals surface area (Å²) in [6, 6.07) is 0. The van der Waals surface area contributed by atoms with Gasteiger partial charge in [-0.2, -0.15) is 0 Å². The maximum absolute atomic E-state index is 8.81. The molecule has 0 bridgehead atoms. The molecule has 0 aliphatic heterocycles. The highest BCUT2D eigenvalue weighted by Crippen LogP contribution is 1.97. The molecule has 0 rings (SSSR count). The Morgan fingerprint density at radius 1 is 1.60 bits per heavy atom. The lowest BCUT2D eigenvalue weighted by molar-refractivity contribution is -0.195. The van der Waals surface area contributed by atoms with Crippen LogP contribution in [0, 0.1) is 0 Å². The molecule has 0 aromatic heterocycles. The first-order valence-electron chi connectivity index (χ1n) is 3.25. The van der Waals surface area contributed by atoms with Gasteiger partial charge in [-0.1, -0.05) is 6.92 Å². The Morgan fingerprint density at radius 2 is 2.10 bits per heavy atom. The van der Waals surface area contributed by atoms with Gasteiger partial charge >= 0.3 is 0 Å². The molecular formula is C6H15NO3. The van der Waals surface area contributed by atoms with Gasteiger partial charge in [0.1, 0.15) is 6.23 Å². The van der Waals surface area contributed by atoms with Gasteiger partial charge < -0.3 is 14.9 Å². The first-order valence-corrected chi connectivity index (χ1v) is 3.25. The zero-order chi connectivity index (χ0) is 8.20. The fourth-order valence-electron chi connectivity index (χ4n) is 0.633. The van der Waals surface area contributed by atoms with E-state index >= 15 is 0 Å². The fourth-order valence-corrected chi connectivity index (χ4v) is 0.633. The predicted octanol–water partition coefficient (Wildman–Crippen LogP) is -0.383. The molecule has 62 valence electrons. The summed E-state index contributed by atoms with van der Waals surface area (Å²) >= 11 is 0. The Balaban J connectivity index is 3.63. The van der Waals surface area contributed by atoms with Crippen LogP contribution in [-0.2, 0) is 4.74 Å². The lowest BCUT2D eigenvalue weighted by Gasteiger charge is -2.23. The molecule has 4 heteroatoms. The number of aliphatic hydroxyl groups is 2. The maximum Gasteiger partial charge on any atom is 0.221 e. The second-order valence-corrected chi connectivity index (χ2v) is 2.30. The Kier molecular flexibility index (Phi) is 3.81. The smallest absolute Gasteiger partial charge is 0.221 e. The van der Waals surface area contributed by atoms with E-state index in [9.17, 15) is 0 Å². The van der Waals surface area contributed by atoms with E-state index in [0.717, 1.165) is 0 Å². The molecule has 0 amide bonds. The zero-order valence-electron chi connectivity index (χ0n) is 6.59. The summed E-state index contributed by atoms with van der Waals surface area (Å²) in [6.07, 6.45) is 0.382. The normalized spacial score (nSPS) is 15.3. The Bertz CT molecular complexity index is 85.5. The van der Waals surface area contributed by atoms with Crippen LogP contribution in [0.1, 0.15) is 20.3 Å². The van der Waals surface area contributed by atoms with Gasteiger partial charge in [-0.05, 0) is 6.42 Å². The van der Waals surface area contributed by atoms with E-state index in [1.807, 2.05) is 6.92 Å². The third-order valence-electron chi connectivity index (χ3n) is 1.09. The highest BCUT2D eigenvalue weighted by Gasteiger charge is 2.18. The highest BCUT2D eigenvalue weighted by molar-refractivity contribution is 4.57. The maximum atomic E-state index is 8.81. The summed E-state index contributed by atoms with van der Waals surface area (Å²) < 4.78 is 4.84. The molecule has 1 unspecified atom stereocenters. The molecule has 10 heavy (non-hydrogen) atoms. The van der Waals surface area contributed by atoms with Gasteiger partial charge in [-0.15, -0.1) is 0 Å². The largest absolute Gasteiger partial charge is 0.366 e. The van der Waals surface area contributed by atoms with Crippen LogP contribution < -0.4 is 5.32 Å². The molecule has 0 aliphatic carbocycles. The lowest BCUT2D eigenvalue weighted by Crippen LogP contribution is -2.48. The van der Waals surface area contributed by atoms with Crippen LogP contribution in [0.2, 0.25) is 0 Å². The quantitative estimate of drug-likeness (QED) is 0.477. The van der Waals surface area contributed by atoms with E-state index in [-0.39, 0.29) is 6.23 Å². The van der Waals surface area contributed by atoms with Crippen LogP contribution in [0.5, 0.6) is 0 Å². The Hall–Kier alpha value is -0.160. The van der Waals surface area contributed by atoms with E-state index < -0.39 is 5.91 Å². The topological polar surface area (TPSA) is 61.7 Å². The molecule has 0 heterocycles. The molecule has 0 radical (unpaired) electrons. The third kappa shape index (κ3) is 4.69. The average Bonchev–Trinajstić information content (AvgIpc) is 1.81. The summed E-state index contributed by atoms with van der Waals surface area (Å²) in [5.74, 6) is -1.85. The zero-order valence-corrected chi connectivity index (χ0v) is 6.59. The second-order valence-electron chi connectivity index (χ2n) is 2.30. The van der Waals surface area contributed by atoms with Crippen molar-refractivity contribution in [1.82, 2.24) is 5.32 Å². The van der Waals surface area contributed by atoms with Gasteiger partial charge in [-0.3, -0.25) is 0 Å². The lowest BCUT2D eigenvalue weighted by atomic mass is 10.4. The number of hydrogen-bond acceptors (Lipinski definition) is 4. The van der Waals surface area contributed by atoms with Crippen molar-refractivity contribution in [2.24, 2.45) is 0 Å². The monoisotopic (exact) mass is 149 g/mol. The first-order chi connectivity index (χ1) is 4.49. The van der Waals surface area contributed by atoms with Gasteiger partial charge in [0, 0.05) is 14.0 Å². The van der Waals surface area contributed by atoms with Crippen molar-refractivity contribution in [3.8, 4) is 0 Å². The summed E-state index contributed by atoms with van der Waals surface area (Å²) in [5, 5.41) is 20.1. The van der Waals surface area contributed by atoms with Crippen LogP contribution in [-0.4, -0.2) is 29.5 Å². The second kappa shape index (κ2) is 3.88. The van der Waals surface area contributed by atoms with Crippen molar-refractivity contribution in [3.05, 3.63) is 0 Å². The van der Waals surface area contributed by atoms with Crippen molar-refractivity contribution in [1.29, 1.82) is 0 Å². The number of methoxy groups -OCH3 is 1. The van der Waals surface area contributed by atoms with Gasteiger partial charge in [0.25, 0.3) is 0 Å². The van der Waals surface area contributed by atoms with Crippen LogP contribution in [0.15, 0.2) is 0 Å². The van der Waals surface area contributed by atoms with E-state index in [4.69, 9.17) is 14.9 Å². The molecule has 0 saturated carbocycles. The summed E-state index contributed by atoms with van der Waals surface area (Å²) in [7, 11) is 1.51. The average molecular weight is 149 g/mol. The molecule has 1 atom stereocenters. The van der Waals surface area contributed by atoms with Crippen LogP contribution in [0.25, 0.3) is 0 Å². The highest BCUT2D eigenvalue weighted by atomic mass is 16.5. The van der Waals surface area contributed by atoms with Gasteiger partial charge in [-0.25, -0.2) is 5.32 Å². The fraction of sp³-hybridized carbons (Fsp3) is 1.00. The van der Waals surface area contributed by atoms with Crippen molar-refractivity contribution in [2.45, 2.75) is 32.4 Å². The number of hydrogen-bond donors (Lipinski definition) is 3. The van der Waals surface area contributed by atoms with E-state index in [0.29, 0.717) is 6.42 Å². The molecular weight excluding hydrogens is 134 g/mol. The van der Waals surface area contributed by atoms with E-state index in [1.54, 1.807) is 0 Å². The summed E-state index contributed by atoms with van der Waals surface area (Å²) in [4.78, 5) is 0. The molecule has 0 aliphatic rings. The van der Waals surface area contributed by atoms with E-state index in [1.165, 1.54) is 14.0 Å². The Morgan fingerprint density at radius 3 is 2.20 bits per heavy atom. The minimum atomic E-state index is -1.85. The van der Waals surface area contributed by atoms with Gasteiger partial charge in [0.05, 0.1) is 0 Å². The molecule has 0 fully saturated rings. The molecule has 0 aromatic rings. The summed E-state index contributed by atoms with van der Waals surface area (Å²) in [5.41, 5.74) is 0. The first kappa shape index (κ1) is 9.84. The molecule has 0 spiro atoms. The van der Waals surface area contributed by atoms with Gasteiger partial charge in [0.2, 0.25) is 5.91 Å². The third-order valence-corrected chi connectivity index (χ3v) is 1.09. The van der Waals surface area contributed by atoms with Crippen LogP contribution in [0.4, 0.5) is 0 Å². The Labute approximate surface area is 60.8 Å². The van der Waals surface area contributed by atoms with Crippen molar-refractivity contribution >= 4 is 0 Å². The predicted molar refractivity (Wildman–Crippen MR) is 37.1 cm³/mol.